The first kappa shape index (κ1) is 32.4. The molecule has 0 radical (unpaired) electrons. The highest BCUT2D eigenvalue weighted by molar-refractivity contribution is 5.96. The lowest BCUT2D eigenvalue weighted by atomic mass is 9.85. The van der Waals surface area contributed by atoms with Gasteiger partial charge in [-0.3, -0.25) is 0 Å². The largest absolute Gasteiger partial charge is 0.238 e. The summed E-state index contributed by atoms with van der Waals surface area (Å²) in [5, 5.41) is 2.31. The summed E-state index contributed by atoms with van der Waals surface area (Å²) < 4.78 is 0. The smallest absolute Gasteiger partial charge is 0.187 e. The summed E-state index contributed by atoms with van der Waals surface area (Å²) >= 11 is 0. The van der Waals surface area contributed by atoms with Crippen LogP contribution in [0.4, 0.5) is 5.69 Å². The van der Waals surface area contributed by atoms with Crippen molar-refractivity contribution in [3.05, 3.63) is 206 Å². The van der Waals surface area contributed by atoms with Crippen molar-refractivity contribution in [1.82, 2.24) is 15.0 Å². The van der Waals surface area contributed by atoms with Crippen LogP contribution in [-0.2, 0) is 0 Å². The standard InChI is InChI=1S/C50H32N4/c1-51-43-23-13-22-41(31-43)47-33-44(35-15-5-2-6-16-35)46(32-45(47)36-17-7-3-8-18-36)37-25-27-39(28-26-37)49-52-48(38-19-9-4-10-20-38)53-50(54-49)42-29-24-34-14-11-12-21-40(34)30-42/h2-33H. The van der Waals surface area contributed by atoms with E-state index in [1.165, 1.54) is 5.39 Å². The molecular formula is C50H32N4. The Kier molecular flexibility index (Phi) is 8.57. The Morgan fingerprint density at radius 2 is 0.704 bits per heavy atom. The van der Waals surface area contributed by atoms with Gasteiger partial charge < -0.3 is 0 Å². The summed E-state index contributed by atoms with van der Waals surface area (Å²) in [6, 6.07) is 66.7. The zero-order valence-corrected chi connectivity index (χ0v) is 29.3. The van der Waals surface area contributed by atoms with Crippen molar-refractivity contribution in [2.75, 3.05) is 0 Å². The molecule has 252 valence electrons. The van der Waals surface area contributed by atoms with Gasteiger partial charge in [-0.25, -0.2) is 19.8 Å². The minimum atomic E-state index is 0.613. The fourth-order valence-electron chi connectivity index (χ4n) is 7.01. The monoisotopic (exact) mass is 688 g/mol. The molecule has 0 spiro atoms. The minimum absolute atomic E-state index is 0.613. The maximum absolute atomic E-state index is 7.68. The highest BCUT2D eigenvalue weighted by Crippen LogP contribution is 2.43. The number of hydrogen-bond donors (Lipinski definition) is 0. The number of nitrogens with zero attached hydrogens (tertiary/aromatic N) is 4. The third-order valence-electron chi connectivity index (χ3n) is 9.74. The maximum Gasteiger partial charge on any atom is 0.187 e. The van der Waals surface area contributed by atoms with E-state index >= 15 is 0 Å². The van der Waals surface area contributed by atoms with Crippen molar-refractivity contribution in [2.24, 2.45) is 0 Å². The average molecular weight is 689 g/mol. The summed E-state index contributed by atoms with van der Waals surface area (Å²) in [7, 11) is 0. The fraction of sp³-hybridized carbons (Fsp3) is 0. The van der Waals surface area contributed by atoms with Crippen molar-refractivity contribution in [2.45, 2.75) is 0 Å². The molecule has 4 heteroatoms. The molecule has 9 rings (SSSR count). The molecule has 0 N–H and O–H groups in total. The molecule has 0 fully saturated rings. The van der Waals surface area contributed by atoms with E-state index in [9.17, 15) is 0 Å². The first-order valence-corrected chi connectivity index (χ1v) is 17.9. The Balaban J connectivity index is 1.20. The van der Waals surface area contributed by atoms with Crippen LogP contribution in [-0.4, -0.2) is 15.0 Å². The van der Waals surface area contributed by atoms with Gasteiger partial charge in [0.15, 0.2) is 23.2 Å². The summed E-state index contributed by atoms with van der Waals surface area (Å²) in [6.07, 6.45) is 0. The lowest BCUT2D eigenvalue weighted by molar-refractivity contribution is 1.07. The van der Waals surface area contributed by atoms with E-state index < -0.39 is 0 Å². The SMILES string of the molecule is [C-]#[N+]c1cccc(-c2cc(-c3ccccc3)c(-c3ccc(-c4nc(-c5ccccc5)nc(-c5ccc6ccccc6c5)n4)cc3)cc2-c2ccccc2)c1. The van der Waals surface area contributed by atoms with E-state index in [2.05, 4.69) is 138 Å². The molecular weight excluding hydrogens is 657 g/mol. The molecule has 1 heterocycles. The molecule has 0 saturated heterocycles. The molecule has 0 saturated carbocycles. The first-order valence-electron chi connectivity index (χ1n) is 17.9. The second-order valence-electron chi connectivity index (χ2n) is 13.1. The zero-order valence-electron chi connectivity index (χ0n) is 29.3. The number of benzene rings is 8. The van der Waals surface area contributed by atoms with Crippen LogP contribution >= 0.6 is 0 Å². The highest BCUT2D eigenvalue weighted by atomic mass is 15.0. The Hall–Kier alpha value is -7.48. The molecule has 4 nitrogen and oxygen atoms in total. The van der Waals surface area contributed by atoms with Crippen LogP contribution in [0.1, 0.15) is 0 Å². The van der Waals surface area contributed by atoms with Crippen LogP contribution in [0.25, 0.3) is 94.3 Å². The molecule has 0 unspecified atom stereocenters. The van der Waals surface area contributed by atoms with Crippen molar-refractivity contribution in [1.29, 1.82) is 0 Å². The van der Waals surface area contributed by atoms with Crippen LogP contribution in [0.2, 0.25) is 0 Å². The van der Waals surface area contributed by atoms with Gasteiger partial charge >= 0.3 is 0 Å². The van der Waals surface area contributed by atoms with Crippen molar-refractivity contribution in [3.8, 4) is 78.7 Å². The van der Waals surface area contributed by atoms with Gasteiger partial charge in [-0.2, -0.15) is 0 Å². The van der Waals surface area contributed by atoms with E-state index in [0.29, 0.717) is 23.2 Å². The van der Waals surface area contributed by atoms with Crippen LogP contribution < -0.4 is 0 Å². The molecule has 0 amide bonds. The Bertz CT molecular complexity index is 2810. The summed E-state index contributed by atoms with van der Waals surface area (Å²) in [5.74, 6) is 1.87. The van der Waals surface area contributed by atoms with Gasteiger partial charge in [0.05, 0.1) is 6.57 Å². The quantitative estimate of drug-likeness (QED) is 0.157. The van der Waals surface area contributed by atoms with Gasteiger partial charge in [-0.05, 0) is 79.5 Å². The molecule has 0 bridgehead atoms. The third-order valence-corrected chi connectivity index (χ3v) is 9.74. The van der Waals surface area contributed by atoms with E-state index in [0.717, 1.165) is 66.6 Å². The molecule has 0 atom stereocenters. The van der Waals surface area contributed by atoms with E-state index in [-0.39, 0.29) is 0 Å². The summed E-state index contributed by atoms with van der Waals surface area (Å²) in [4.78, 5) is 18.7. The second kappa shape index (κ2) is 14.3. The van der Waals surface area contributed by atoms with E-state index in [1.54, 1.807) is 0 Å². The van der Waals surface area contributed by atoms with E-state index in [4.69, 9.17) is 21.5 Å². The van der Waals surface area contributed by atoms with Crippen molar-refractivity contribution < 1.29 is 0 Å². The van der Waals surface area contributed by atoms with Crippen molar-refractivity contribution in [3.63, 3.8) is 0 Å². The number of aromatic nitrogens is 3. The Labute approximate surface area is 314 Å². The van der Waals surface area contributed by atoms with Crippen LogP contribution in [0, 0.1) is 6.57 Å². The summed E-state index contributed by atoms with van der Waals surface area (Å²) in [5.41, 5.74) is 12.1. The van der Waals surface area contributed by atoms with Gasteiger partial charge in [0, 0.05) is 16.7 Å². The second-order valence-corrected chi connectivity index (χ2v) is 13.1. The molecule has 8 aromatic carbocycles. The Morgan fingerprint density at radius 3 is 1.28 bits per heavy atom. The predicted octanol–water partition coefficient (Wildman–Crippen LogP) is 13.2. The molecule has 9 aromatic rings. The van der Waals surface area contributed by atoms with Crippen LogP contribution in [0.5, 0.6) is 0 Å². The molecule has 0 aliphatic rings. The van der Waals surface area contributed by atoms with Crippen LogP contribution in [0.3, 0.4) is 0 Å². The van der Waals surface area contributed by atoms with Gasteiger partial charge in [-0.1, -0.05) is 170 Å². The predicted molar refractivity (Wildman–Crippen MR) is 222 cm³/mol. The highest BCUT2D eigenvalue weighted by Gasteiger charge is 2.18. The minimum Gasteiger partial charge on any atom is -0.238 e. The van der Waals surface area contributed by atoms with Gasteiger partial charge in [-0.15, -0.1) is 0 Å². The van der Waals surface area contributed by atoms with Gasteiger partial charge in [0.1, 0.15) is 0 Å². The fourth-order valence-corrected chi connectivity index (χ4v) is 7.01. The number of rotatable bonds is 7. The summed E-state index contributed by atoms with van der Waals surface area (Å²) in [6.45, 7) is 7.68. The maximum atomic E-state index is 7.68. The molecule has 54 heavy (non-hydrogen) atoms. The normalized spacial score (nSPS) is 10.9. The third kappa shape index (κ3) is 6.43. The van der Waals surface area contributed by atoms with Gasteiger partial charge in [0.25, 0.3) is 0 Å². The van der Waals surface area contributed by atoms with Crippen LogP contribution in [0.15, 0.2) is 194 Å². The van der Waals surface area contributed by atoms with Gasteiger partial charge in [0.2, 0.25) is 0 Å². The first-order chi connectivity index (χ1) is 26.7. The topological polar surface area (TPSA) is 43.0 Å². The molecule has 1 aromatic heterocycles. The lowest BCUT2D eigenvalue weighted by Gasteiger charge is -2.19. The molecule has 0 aliphatic carbocycles. The number of hydrogen-bond acceptors (Lipinski definition) is 3. The molecule has 0 aliphatic heterocycles. The zero-order chi connectivity index (χ0) is 36.3. The number of fused-ring (bicyclic) bond motifs is 1. The van der Waals surface area contributed by atoms with E-state index in [1.807, 2.05) is 60.7 Å². The Morgan fingerprint density at radius 1 is 0.296 bits per heavy atom. The van der Waals surface area contributed by atoms with Crippen molar-refractivity contribution >= 4 is 16.5 Å². The lowest BCUT2D eigenvalue weighted by Crippen LogP contribution is -2.00. The average Bonchev–Trinajstić information content (AvgIpc) is 3.26.